The minimum atomic E-state index is -1.01. The maximum absolute atomic E-state index is 12.4. The molecule has 142 valence electrons. The van der Waals surface area contributed by atoms with E-state index < -0.39 is 23.8 Å². The minimum absolute atomic E-state index is 0.0980. The van der Waals surface area contributed by atoms with Crippen molar-refractivity contribution in [1.82, 2.24) is 5.32 Å². The summed E-state index contributed by atoms with van der Waals surface area (Å²) in [6.45, 7) is -0.0980. The van der Waals surface area contributed by atoms with Crippen LogP contribution >= 0.6 is 0 Å². The van der Waals surface area contributed by atoms with E-state index in [1.165, 1.54) is 0 Å². The highest BCUT2D eigenvalue weighted by Crippen LogP contribution is 2.30. The molecule has 9 nitrogen and oxygen atoms in total. The highest BCUT2D eigenvalue weighted by atomic mass is 16.5. The highest BCUT2D eigenvalue weighted by Gasteiger charge is 2.29. The number of benzene rings is 2. The summed E-state index contributed by atoms with van der Waals surface area (Å²) in [5, 5.41) is 10.5. The Morgan fingerprint density at radius 3 is 2.75 bits per heavy atom. The molecule has 4 amide bonds. The molecule has 0 aromatic heterocycles. The lowest BCUT2D eigenvalue weighted by Gasteiger charge is -2.19. The summed E-state index contributed by atoms with van der Waals surface area (Å²) >= 11 is 0. The van der Waals surface area contributed by atoms with Gasteiger partial charge in [-0.2, -0.15) is 0 Å². The van der Waals surface area contributed by atoms with E-state index in [1.54, 1.807) is 42.5 Å². The predicted octanol–water partition coefficient (Wildman–Crippen LogP) is 1.10. The second-order valence-corrected chi connectivity index (χ2v) is 6.36. The van der Waals surface area contributed by atoms with Crippen LogP contribution in [0.5, 0.6) is 5.75 Å². The molecule has 2 heterocycles. The second-order valence-electron chi connectivity index (χ2n) is 6.36. The SMILES string of the molecule is O=C(C[C@H]1NC(=O)c2ccccc2NC1=O)Nc1ccc2c(c1)OCC(=O)N2. The van der Waals surface area contributed by atoms with Crippen LogP contribution in [0.15, 0.2) is 42.5 Å². The fourth-order valence-corrected chi connectivity index (χ4v) is 3.01. The monoisotopic (exact) mass is 380 g/mol. The van der Waals surface area contributed by atoms with Crippen molar-refractivity contribution in [1.29, 1.82) is 0 Å². The number of hydrogen-bond donors (Lipinski definition) is 4. The Bertz CT molecular complexity index is 1000. The lowest BCUT2D eigenvalue weighted by molar-refractivity contribution is -0.122. The van der Waals surface area contributed by atoms with Gasteiger partial charge in [0.15, 0.2) is 6.61 Å². The average Bonchev–Trinajstić information content (AvgIpc) is 2.78. The Labute approximate surface area is 159 Å². The second kappa shape index (κ2) is 7.03. The number of carbonyl (C=O) groups excluding carboxylic acids is 4. The molecule has 1 atom stereocenters. The quantitative estimate of drug-likeness (QED) is 0.634. The van der Waals surface area contributed by atoms with E-state index in [0.29, 0.717) is 28.4 Å². The van der Waals surface area contributed by atoms with Crippen molar-refractivity contribution in [3.8, 4) is 5.75 Å². The van der Waals surface area contributed by atoms with Crippen LogP contribution in [-0.4, -0.2) is 36.3 Å². The molecule has 0 saturated heterocycles. The smallest absolute Gasteiger partial charge is 0.262 e. The number of hydrogen-bond acceptors (Lipinski definition) is 5. The Balaban J connectivity index is 1.43. The summed E-state index contributed by atoms with van der Waals surface area (Å²) in [5.41, 5.74) is 1.71. The van der Waals surface area contributed by atoms with E-state index in [9.17, 15) is 19.2 Å². The molecule has 2 aromatic carbocycles. The Hall–Kier alpha value is -3.88. The highest BCUT2D eigenvalue weighted by molar-refractivity contribution is 6.11. The molecular weight excluding hydrogens is 364 g/mol. The van der Waals surface area contributed by atoms with Crippen molar-refractivity contribution in [2.24, 2.45) is 0 Å². The predicted molar refractivity (Wildman–Crippen MR) is 100 cm³/mol. The van der Waals surface area contributed by atoms with Crippen LogP contribution in [0.3, 0.4) is 0 Å². The van der Waals surface area contributed by atoms with Crippen molar-refractivity contribution in [3.05, 3.63) is 48.0 Å². The number of rotatable bonds is 3. The topological polar surface area (TPSA) is 126 Å². The van der Waals surface area contributed by atoms with Gasteiger partial charge in [0, 0.05) is 11.8 Å². The third-order valence-corrected chi connectivity index (χ3v) is 4.34. The van der Waals surface area contributed by atoms with Crippen molar-refractivity contribution >= 4 is 40.7 Å². The first-order chi connectivity index (χ1) is 13.5. The van der Waals surface area contributed by atoms with Gasteiger partial charge in [0.1, 0.15) is 11.8 Å². The van der Waals surface area contributed by atoms with E-state index >= 15 is 0 Å². The number of anilines is 3. The van der Waals surface area contributed by atoms with E-state index in [-0.39, 0.29) is 18.9 Å². The zero-order valence-electron chi connectivity index (χ0n) is 14.6. The van der Waals surface area contributed by atoms with Crippen molar-refractivity contribution in [2.75, 3.05) is 22.6 Å². The molecule has 0 unspecified atom stereocenters. The number of carbonyl (C=O) groups is 4. The molecule has 0 saturated carbocycles. The number of fused-ring (bicyclic) bond motifs is 2. The fraction of sp³-hybridized carbons (Fsp3) is 0.158. The number of ether oxygens (including phenoxy) is 1. The molecule has 4 N–H and O–H groups in total. The van der Waals surface area contributed by atoms with Crippen LogP contribution in [0, 0.1) is 0 Å². The van der Waals surface area contributed by atoms with Gasteiger partial charge >= 0.3 is 0 Å². The van der Waals surface area contributed by atoms with Gasteiger partial charge in [0.25, 0.3) is 11.8 Å². The van der Waals surface area contributed by atoms with E-state index in [0.717, 1.165) is 0 Å². The maximum Gasteiger partial charge on any atom is 0.262 e. The van der Waals surface area contributed by atoms with E-state index in [2.05, 4.69) is 21.3 Å². The first-order valence-electron chi connectivity index (χ1n) is 8.57. The summed E-state index contributed by atoms with van der Waals surface area (Å²) in [4.78, 5) is 48.4. The number of nitrogens with one attached hydrogen (secondary N) is 4. The third kappa shape index (κ3) is 3.50. The molecule has 2 aliphatic heterocycles. The van der Waals surface area contributed by atoms with Crippen molar-refractivity contribution in [2.45, 2.75) is 12.5 Å². The lowest BCUT2D eigenvalue weighted by Crippen LogP contribution is -2.43. The molecule has 0 bridgehead atoms. The maximum atomic E-state index is 12.4. The average molecular weight is 380 g/mol. The van der Waals surface area contributed by atoms with Crippen LogP contribution in [0.1, 0.15) is 16.8 Å². The number of para-hydroxylation sites is 1. The summed E-state index contributed by atoms with van der Waals surface area (Å²) in [6.07, 6.45) is -0.236. The summed E-state index contributed by atoms with van der Waals surface area (Å²) in [5.74, 6) is -1.16. The molecule has 2 aliphatic rings. The van der Waals surface area contributed by atoms with Gasteiger partial charge in [-0.15, -0.1) is 0 Å². The molecule has 2 aromatic rings. The molecule has 4 rings (SSSR count). The first-order valence-corrected chi connectivity index (χ1v) is 8.57. The van der Waals surface area contributed by atoms with Crippen LogP contribution < -0.4 is 26.0 Å². The minimum Gasteiger partial charge on any atom is -0.482 e. The molecular formula is C19H16N4O5. The van der Waals surface area contributed by atoms with Crippen molar-refractivity contribution < 1.29 is 23.9 Å². The van der Waals surface area contributed by atoms with Gasteiger partial charge in [0.2, 0.25) is 11.8 Å². The summed E-state index contributed by atoms with van der Waals surface area (Å²) in [7, 11) is 0. The van der Waals surface area contributed by atoms with Crippen molar-refractivity contribution in [3.63, 3.8) is 0 Å². The lowest BCUT2D eigenvalue weighted by atomic mass is 10.1. The van der Waals surface area contributed by atoms with Crippen LogP contribution in [0.2, 0.25) is 0 Å². The molecule has 0 aliphatic carbocycles. The molecule has 9 heteroatoms. The van der Waals surface area contributed by atoms with Gasteiger partial charge in [-0.25, -0.2) is 0 Å². The first kappa shape index (κ1) is 17.5. The van der Waals surface area contributed by atoms with Gasteiger partial charge in [-0.1, -0.05) is 12.1 Å². The largest absolute Gasteiger partial charge is 0.482 e. The van der Waals surface area contributed by atoms with Gasteiger partial charge in [0.05, 0.1) is 23.4 Å². The van der Waals surface area contributed by atoms with Gasteiger partial charge in [-0.05, 0) is 24.3 Å². The summed E-state index contributed by atoms with van der Waals surface area (Å²) < 4.78 is 5.31. The van der Waals surface area contributed by atoms with Crippen LogP contribution in [-0.2, 0) is 14.4 Å². The van der Waals surface area contributed by atoms with E-state index in [1.807, 2.05) is 0 Å². The molecule has 0 fully saturated rings. The van der Waals surface area contributed by atoms with Gasteiger partial charge < -0.3 is 26.0 Å². The standard InChI is InChI=1S/C19H16N4O5/c24-16(20-10-5-6-13-15(7-10)28-9-17(25)21-13)8-14-19(27)22-12-4-2-1-3-11(12)18(26)23-14/h1-7,14H,8-9H2,(H,20,24)(H,21,25)(H,22,27)(H,23,26)/t14-/m1/s1. The fourth-order valence-electron chi connectivity index (χ4n) is 3.01. The Kier molecular flexibility index (Phi) is 4.40. The normalized spacial score (nSPS) is 17.7. The zero-order chi connectivity index (χ0) is 19.7. The van der Waals surface area contributed by atoms with Crippen LogP contribution in [0.25, 0.3) is 0 Å². The Morgan fingerprint density at radius 1 is 1.07 bits per heavy atom. The third-order valence-electron chi connectivity index (χ3n) is 4.34. The van der Waals surface area contributed by atoms with Gasteiger partial charge in [-0.3, -0.25) is 19.2 Å². The van der Waals surface area contributed by atoms with Crippen LogP contribution in [0.4, 0.5) is 17.1 Å². The van der Waals surface area contributed by atoms with E-state index in [4.69, 9.17) is 4.74 Å². The zero-order valence-corrected chi connectivity index (χ0v) is 14.6. The molecule has 0 radical (unpaired) electrons. The summed E-state index contributed by atoms with van der Waals surface area (Å²) in [6, 6.07) is 10.4. The molecule has 28 heavy (non-hydrogen) atoms. The number of amides is 4. The molecule has 0 spiro atoms. The Morgan fingerprint density at radius 2 is 1.89 bits per heavy atom.